The Bertz CT molecular complexity index is 962. The lowest BCUT2D eigenvalue weighted by molar-refractivity contribution is -0.0436. The summed E-state index contributed by atoms with van der Waals surface area (Å²) in [6, 6.07) is 24.1. The van der Waals surface area contributed by atoms with E-state index in [0.717, 1.165) is 23.3 Å². The third-order valence-electron chi connectivity index (χ3n) is 4.25. The van der Waals surface area contributed by atoms with Crippen LogP contribution in [-0.2, 0) is 22.9 Å². The summed E-state index contributed by atoms with van der Waals surface area (Å²) >= 11 is 0. The highest BCUT2D eigenvalue weighted by Gasteiger charge is 2.46. The molecule has 0 heterocycles. The van der Waals surface area contributed by atoms with Crippen LogP contribution in [0.25, 0.3) is 0 Å². The first-order valence-electron chi connectivity index (χ1n) is 8.51. The maximum Gasteiger partial charge on any atom is 0.501 e. The fraction of sp³-hybridized carbons (Fsp3) is 0.143. The number of rotatable bonds is 6. The highest BCUT2D eigenvalue weighted by atomic mass is 32.2. The van der Waals surface area contributed by atoms with Crippen LogP contribution in [0.2, 0.25) is 0 Å². The fourth-order valence-electron chi connectivity index (χ4n) is 2.82. The molecule has 0 fully saturated rings. The van der Waals surface area contributed by atoms with Gasteiger partial charge < -0.3 is 4.90 Å². The molecule has 0 saturated carbocycles. The molecule has 0 spiro atoms. The fourth-order valence-corrected chi connectivity index (χ4v) is 3.58. The minimum absolute atomic E-state index is 0.529. The smallest absolute Gasteiger partial charge is 0.363 e. The van der Waals surface area contributed by atoms with Gasteiger partial charge in [0.15, 0.2) is 0 Å². The molecule has 0 unspecified atom stereocenters. The van der Waals surface area contributed by atoms with Crippen LogP contribution in [0.1, 0.15) is 11.1 Å². The third kappa shape index (κ3) is 4.54. The summed E-state index contributed by atoms with van der Waals surface area (Å²) in [5.74, 6) is 0. The van der Waals surface area contributed by atoms with E-state index in [9.17, 15) is 21.6 Å². The Morgan fingerprint density at radius 3 is 1.50 bits per heavy atom. The molecule has 3 nitrogen and oxygen atoms in total. The van der Waals surface area contributed by atoms with Gasteiger partial charge in [0.1, 0.15) is 0 Å². The van der Waals surface area contributed by atoms with Crippen molar-refractivity contribution in [3.63, 3.8) is 0 Å². The number of anilines is 1. The lowest BCUT2D eigenvalue weighted by Gasteiger charge is -2.25. The molecule has 0 aliphatic carbocycles. The summed E-state index contributed by atoms with van der Waals surface area (Å²) in [5, 5.41) is 0. The SMILES string of the molecule is O=S(=O)(c1ccc(N(Cc2ccccc2)Cc2ccccc2)cc1)C(F)(F)F. The molecule has 0 aromatic heterocycles. The number of benzene rings is 3. The number of hydrogen-bond acceptors (Lipinski definition) is 3. The highest BCUT2D eigenvalue weighted by Crippen LogP contribution is 2.31. The van der Waals surface area contributed by atoms with E-state index in [4.69, 9.17) is 0 Å². The second-order valence-electron chi connectivity index (χ2n) is 6.27. The van der Waals surface area contributed by atoms with Gasteiger partial charge in [-0.3, -0.25) is 0 Å². The van der Waals surface area contributed by atoms with Gasteiger partial charge in [-0.15, -0.1) is 0 Å². The monoisotopic (exact) mass is 405 g/mol. The van der Waals surface area contributed by atoms with Crippen molar-refractivity contribution < 1.29 is 21.6 Å². The second kappa shape index (κ2) is 8.06. The third-order valence-corrected chi connectivity index (χ3v) is 5.75. The summed E-state index contributed by atoms with van der Waals surface area (Å²) in [4.78, 5) is 1.22. The van der Waals surface area contributed by atoms with Gasteiger partial charge in [-0.1, -0.05) is 60.7 Å². The maximum absolute atomic E-state index is 12.8. The summed E-state index contributed by atoms with van der Waals surface area (Å²) < 4.78 is 61.4. The molecule has 0 aliphatic heterocycles. The van der Waals surface area contributed by atoms with Crippen LogP contribution in [0, 0.1) is 0 Å². The number of nitrogens with zero attached hydrogens (tertiary/aromatic N) is 1. The van der Waals surface area contributed by atoms with Gasteiger partial charge in [0.2, 0.25) is 0 Å². The topological polar surface area (TPSA) is 37.4 Å². The number of halogens is 3. The summed E-state index contributed by atoms with van der Waals surface area (Å²) in [6.07, 6.45) is 0. The van der Waals surface area contributed by atoms with E-state index >= 15 is 0 Å². The molecular formula is C21H18F3NO2S. The van der Waals surface area contributed by atoms with E-state index in [-0.39, 0.29) is 0 Å². The molecule has 7 heteroatoms. The zero-order valence-corrected chi connectivity index (χ0v) is 15.6. The Morgan fingerprint density at radius 2 is 1.11 bits per heavy atom. The summed E-state index contributed by atoms with van der Waals surface area (Å²) in [5.41, 5.74) is -2.62. The first-order chi connectivity index (χ1) is 13.3. The van der Waals surface area contributed by atoms with E-state index in [1.54, 1.807) is 0 Å². The highest BCUT2D eigenvalue weighted by molar-refractivity contribution is 7.92. The van der Waals surface area contributed by atoms with Crippen molar-refractivity contribution in [3.8, 4) is 0 Å². The van der Waals surface area contributed by atoms with Crippen LogP contribution >= 0.6 is 0 Å². The Hall–Kier alpha value is -2.80. The van der Waals surface area contributed by atoms with Gasteiger partial charge in [-0.2, -0.15) is 13.2 Å². The molecule has 3 rings (SSSR count). The summed E-state index contributed by atoms with van der Waals surface area (Å²) in [7, 11) is -5.36. The largest absolute Gasteiger partial charge is 0.501 e. The Balaban J connectivity index is 1.91. The molecular weight excluding hydrogens is 387 g/mol. The second-order valence-corrected chi connectivity index (χ2v) is 8.21. The standard InChI is InChI=1S/C21H18F3NO2S/c22-21(23,24)28(26,27)20-13-11-19(12-14-20)25(15-17-7-3-1-4-8-17)16-18-9-5-2-6-10-18/h1-14H,15-16H2. The molecule has 146 valence electrons. The van der Waals surface area contributed by atoms with E-state index < -0.39 is 20.2 Å². The van der Waals surface area contributed by atoms with Crippen molar-refractivity contribution in [2.45, 2.75) is 23.5 Å². The van der Waals surface area contributed by atoms with Crippen molar-refractivity contribution in [2.75, 3.05) is 4.90 Å². The first kappa shape index (κ1) is 19.9. The lowest BCUT2D eigenvalue weighted by atomic mass is 10.1. The molecule has 0 radical (unpaired) electrons. The minimum Gasteiger partial charge on any atom is -0.363 e. The maximum atomic E-state index is 12.8. The molecule has 0 saturated heterocycles. The molecule has 0 aliphatic rings. The van der Waals surface area contributed by atoms with E-state index in [0.29, 0.717) is 18.8 Å². The lowest BCUT2D eigenvalue weighted by Crippen LogP contribution is -2.24. The van der Waals surface area contributed by atoms with Gasteiger partial charge in [-0.25, -0.2) is 8.42 Å². The van der Waals surface area contributed by atoms with Crippen LogP contribution in [0.5, 0.6) is 0 Å². The zero-order chi connectivity index (χ0) is 20.2. The van der Waals surface area contributed by atoms with Crippen molar-refractivity contribution in [1.82, 2.24) is 0 Å². The van der Waals surface area contributed by atoms with Crippen molar-refractivity contribution in [3.05, 3.63) is 96.1 Å². The first-order valence-corrected chi connectivity index (χ1v) is 10.00. The van der Waals surface area contributed by atoms with Crippen molar-refractivity contribution in [2.24, 2.45) is 0 Å². The van der Waals surface area contributed by atoms with Crippen molar-refractivity contribution in [1.29, 1.82) is 0 Å². The van der Waals surface area contributed by atoms with Crippen LogP contribution in [0.4, 0.5) is 18.9 Å². The normalized spacial score (nSPS) is 12.0. The van der Waals surface area contributed by atoms with Crippen LogP contribution in [0.15, 0.2) is 89.8 Å². The van der Waals surface area contributed by atoms with Gasteiger partial charge in [0.05, 0.1) is 4.90 Å². The quantitative estimate of drug-likeness (QED) is 0.567. The van der Waals surface area contributed by atoms with Gasteiger partial charge in [-0.05, 0) is 35.4 Å². The van der Waals surface area contributed by atoms with Crippen LogP contribution in [0.3, 0.4) is 0 Å². The molecule has 0 atom stereocenters. The molecule has 3 aromatic rings. The molecule has 0 N–H and O–H groups in total. The average molecular weight is 405 g/mol. The molecule has 28 heavy (non-hydrogen) atoms. The van der Waals surface area contributed by atoms with Crippen LogP contribution < -0.4 is 4.90 Å². The Kier molecular flexibility index (Phi) is 5.74. The van der Waals surface area contributed by atoms with Crippen molar-refractivity contribution >= 4 is 15.5 Å². The minimum atomic E-state index is -5.36. The number of alkyl halides is 3. The predicted octanol–water partition coefficient (Wildman–Crippen LogP) is 5.19. The zero-order valence-electron chi connectivity index (χ0n) is 14.8. The van der Waals surface area contributed by atoms with E-state index in [2.05, 4.69) is 0 Å². The molecule has 0 amide bonds. The number of hydrogen-bond donors (Lipinski definition) is 0. The van der Waals surface area contributed by atoms with Gasteiger partial charge >= 0.3 is 5.51 Å². The van der Waals surface area contributed by atoms with Gasteiger partial charge in [0.25, 0.3) is 9.84 Å². The Morgan fingerprint density at radius 1 is 0.679 bits per heavy atom. The van der Waals surface area contributed by atoms with E-state index in [1.165, 1.54) is 12.1 Å². The summed E-state index contributed by atoms with van der Waals surface area (Å²) in [6.45, 7) is 1.06. The van der Waals surface area contributed by atoms with Crippen LogP contribution in [-0.4, -0.2) is 13.9 Å². The van der Waals surface area contributed by atoms with Gasteiger partial charge in [0, 0.05) is 18.8 Å². The molecule has 0 bridgehead atoms. The van der Waals surface area contributed by atoms with E-state index in [1.807, 2.05) is 65.6 Å². The Labute approximate surface area is 162 Å². The molecule has 3 aromatic carbocycles. The average Bonchev–Trinajstić information content (AvgIpc) is 2.68. The number of sulfone groups is 1. The predicted molar refractivity (Wildman–Crippen MR) is 102 cm³/mol.